The second kappa shape index (κ2) is 5.88. The highest BCUT2D eigenvalue weighted by Gasteiger charge is 2.46. The first-order chi connectivity index (χ1) is 9.04. The number of rotatable bonds is 5. The molecule has 0 aromatic heterocycles. The molecule has 5 heteroatoms. The molecule has 0 radical (unpaired) electrons. The summed E-state index contributed by atoms with van der Waals surface area (Å²) in [6.45, 7) is 0.588. The number of benzene rings is 1. The van der Waals surface area contributed by atoms with Crippen LogP contribution in [0.25, 0.3) is 0 Å². The van der Waals surface area contributed by atoms with Crippen LogP contribution in [-0.4, -0.2) is 17.4 Å². The molecule has 1 aliphatic rings. The summed E-state index contributed by atoms with van der Waals surface area (Å²) in [5.41, 5.74) is 6.24. The standard InChI is InChI=1S/C14H17ClN2OS/c15-11-4-2-10(3-5-11)6-9-17-13(18)14(12(16)19)7-1-8-14/h2-5H,1,6-9H2,(H2,16,19)(H,17,18). The first-order valence-corrected chi connectivity index (χ1v) is 7.16. The van der Waals surface area contributed by atoms with E-state index in [0.29, 0.717) is 11.5 Å². The van der Waals surface area contributed by atoms with Gasteiger partial charge in [-0.3, -0.25) is 4.79 Å². The zero-order chi connectivity index (χ0) is 13.9. The molecule has 0 saturated heterocycles. The van der Waals surface area contributed by atoms with Crippen LogP contribution in [-0.2, 0) is 11.2 Å². The Hall–Kier alpha value is -1.13. The van der Waals surface area contributed by atoms with Crippen molar-refractivity contribution in [2.24, 2.45) is 11.1 Å². The van der Waals surface area contributed by atoms with E-state index in [1.807, 2.05) is 24.3 Å². The predicted molar refractivity (Wildman–Crippen MR) is 81.2 cm³/mol. The van der Waals surface area contributed by atoms with Gasteiger partial charge < -0.3 is 11.1 Å². The van der Waals surface area contributed by atoms with Crippen LogP contribution in [0.1, 0.15) is 24.8 Å². The van der Waals surface area contributed by atoms with Crippen LogP contribution in [0.15, 0.2) is 24.3 Å². The van der Waals surface area contributed by atoms with Gasteiger partial charge in [0.1, 0.15) is 0 Å². The Morgan fingerprint density at radius 3 is 2.47 bits per heavy atom. The Balaban J connectivity index is 1.84. The van der Waals surface area contributed by atoms with E-state index >= 15 is 0 Å². The minimum absolute atomic E-state index is 0.0276. The maximum absolute atomic E-state index is 12.1. The van der Waals surface area contributed by atoms with Crippen molar-refractivity contribution >= 4 is 34.7 Å². The number of nitrogens with two attached hydrogens (primary N) is 1. The van der Waals surface area contributed by atoms with Gasteiger partial charge in [-0.05, 0) is 37.0 Å². The van der Waals surface area contributed by atoms with Gasteiger partial charge in [0.05, 0.1) is 10.4 Å². The van der Waals surface area contributed by atoms with Crippen molar-refractivity contribution in [3.8, 4) is 0 Å². The molecule has 2 rings (SSSR count). The third kappa shape index (κ3) is 3.07. The maximum Gasteiger partial charge on any atom is 0.233 e. The molecule has 1 saturated carbocycles. The van der Waals surface area contributed by atoms with Crippen molar-refractivity contribution < 1.29 is 4.79 Å². The summed E-state index contributed by atoms with van der Waals surface area (Å²) in [6.07, 6.45) is 3.34. The fourth-order valence-electron chi connectivity index (χ4n) is 2.26. The second-order valence-electron chi connectivity index (χ2n) is 4.93. The zero-order valence-corrected chi connectivity index (χ0v) is 12.2. The Morgan fingerprint density at radius 2 is 2.00 bits per heavy atom. The van der Waals surface area contributed by atoms with Gasteiger partial charge in [-0.1, -0.05) is 42.4 Å². The van der Waals surface area contributed by atoms with Crippen molar-refractivity contribution in [1.82, 2.24) is 5.32 Å². The largest absolute Gasteiger partial charge is 0.392 e. The summed E-state index contributed by atoms with van der Waals surface area (Å²) < 4.78 is 0. The number of amides is 1. The lowest BCUT2D eigenvalue weighted by Gasteiger charge is -2.39. The van der Waals surface area contributed by atoms with Crippen molar-refractivity contribution in [1.29, 1.82) is 0 Å². The highest BCUT2D eigenvalue weighted by Crippen LogP contribution is 2.41. The van der Waals surface area contributed by atoms with E-state index in [2.05, 4.69) is 5.32 Å². The normalized spacial score (nSPS) is 16.5. The van der Waals surface area contributed by atoms with Gasteiger partial charge in [0.25, 0.3) is 0 Å². The monoisotopic (exact) mass is 296 g/mol. The Kier molecular flexibility index (Phi) is 4.42. The van der Waals surface area contributed by atoms with Gasteiger partial charge in [0.2, 0.25) is 5.91 Å². The first kappa shape index (κ1) is 14.3. The summed E-state index contributed by atoms with van der Waals surface area (Å²) in [4.78, 5) is 12.5. The molecular formula is C14H17ClN2OS. The fourth-order valence-corrected chi connectivity index (χ4v) is 2.68. The number of carbonyl (C=O) groups excluding carboxylic acids is 1. The van der Waals surface area contributed by atoms with Crippen LogP contribution in [0.5, 0.6) is 0 Å². The summed E-state index contributed by atoms with van der Waals surface area (Å²) >= 11 is 10.8. The lowest BCUT2D eigenvalue weighted by molar-refractivity contribution is -0.130. The molecule has 0 heterocycles. The van der Waals surface area contributed by atoms with E-state index < -0.39 is 5.41 Å². The first-order valence-electron chi connectivity index (χ1n) is 6.37. The molecule has 0 spiro atoms. The number of carbonyl (C=O) groups is 1. The van der Waals surface area contributed by atoms with E-state index in [-0.39, 0.29) is 5.91 Å². The number of halogens is 1. The number of hydrogen-bond acceptors (Lipinski definition) is 2. The molecule has 102 valence electrons. The smallest absolute Gasteiger partial charge is 0.233 e. The third-order valence-corrected chi connectivity index (χ3v) is 4.37. The molecule has 1 fully saturated rings. The second-order valence-corrected chi connectivity index (χ2v) is 5.81. The molecule has 0 aliphatic heterocycles. The minimum atomic E-state index is -0.588. The van der Waals surface area contributed by atoms with Gasteiger partial charge in [0.15, 0.2) is 0 Å². The van der Waals surface area contributed by atoms with E-state index in [1.165, 1.54) is 0 Å². The molecule has 1 amide bonds. The zero-order valence-electron chi connectivity index (χ0n) is 10.6. The minimum Gasteiger partial charge on any atom is -0.392 e. The van der Waals surface area contributed by atoms with Crippen LogP contribution in [0.4, 0.5) is 0 Å². The SMILES string of the molecule is NC(=S)C1(C(=O)NCCc2ccc(Cl)cc2)CCC1. The van der Waals surface area contributed by atoms with Crippen LogP contribution in [0, 0.1) is 5.41 Å². The van der Waals surface area contributed by atoms with Crippen LogP contribution in [0.3, 0.4) is 0 Å². The van der Waals surface area contributed by atoms with Crippen LogP contribution < -0.4 is 11.1 Å². The van der Waals surface area contributed by atoms with Gasteiger partial charge in [-0.2, -0.15) is 0 Å². The lowest BCUT2D eigenvalue weighted by atomic mass is 9.68. The molecule has 3 N–H and O–H groups in total. The molecule has 1 aromatic rings. The van der Waals surface area contributed by atoms with Crippen molar-refractivity contribution in [3.63, 3.8) is 0 Å². The van der Waals surface area contributed by atoms with Crippen LogP contribution >= 0.6 is 23.8 Å². The Morgan fingerprint density at radius 1 is 1.37 bits per heavy atom. The summed E-state index contributed by atoms with van der Waals surface area (Å²) in [5, 5.41) is 3.65. The van der Waals surface area contributed by atoms with E-state index in [9.17, 15) is 4.79 Å². The summed E-state index contributed by atoms with van der Waals surface area (Å²) in [7, 11) is 0. The van der Waals surface area contributed by atoms with Gasteiger partial charge >= 0.3 is 0 Å². The average molecular weight is 297 g/mol. The fraction of sp³-hybridized carbons (Fsp3) is 0.429. The molecule has 0 atom stereocenters. The Bertz CT molecular complexity index is 483. The summed E-state index contributed by atoms with van der Waals surface area (Å²) in [6, 6.07) is 7.62. The number of thiocarbonyl (C=S) groups is 1. The van der Waals surface area contributed by atoms with E-state index in [1.54, 1.807) is 0 Å². The van der Waals surface area contributed by atoms with Gasteiger partial charge in [-0.25, -0.2) is 0 Å². The summed E-state index contributed by atoms with van der Waals surface area (Å²) in [5.74, 6) is -0.0276. The van der Waals surface area contributed by atoms with Crippen molar-refractivity contribution in [2.75, 3.05) is 6.54 Å². The quantitative estimate of drug-likeness (QED) is 0.821. The maximum atomic E-state index is 12.1. The topological polar surface area (TPSA) is 55.1 Å². The lowest BCUT2D eigenvalue weighted by Crippen LogP contribution is -2.53. The van der Waals surface area contributed by atoms with Crippen LogP contribution in [0.2, 0.25) is 5.02 Å². The third-order valence-electron chi connectivity index (χ3n) is 3.73. The average Bonchev–Trinajstić information content (AvgIpc) is 2.29. The molecule has 1 aliphatic carbocycles. The number of nitrogens with one attached hydrogen (secondary N) is 1. The predicted octanol–water partition coefficient (Wildman–Crippen LogP) is 2.46. The molecule has 1 aromatic carbocycles. The van der Waals surface area contributed by atoms with Gasteiger partial charge in [-0.15, -0.1) is 0 Å². The molecule has 0 unspecified atom stereocenters. The van der Waals surface area contributed by atoms with E-state index in [0.717, 1.165) is 36.3 Å². The highest BCUT2D eigenvalue weighted by atomic mass is 35.5. The molecule has 0 bridgehead atoms. The van der Waals surface area contributed by atoms with Crippen molar-refractivity contribution in [2.45, 2.75) is 25.7 Å². The Labute approximate surface area is 123 Å². The highest BCUT2D eigenvalue weighted by molar-refractivity contribution is 7.80. The number of hydrogen-bond donors (Lipinski definition) is 2. The van der Waals surface area contributed by atoms with Crippen molar-refractivity contribution in [3.05, 3.63) is 34.9 Å². The molecule has 3 nitrogen and oxygen atoms in total. The van der Waals surface area contributed by atoms with E-state index in [4.69, 9.17) is 29.6 Å². The van der Waals surface area contributed by atoms with Gasteiger partial charge in [0, 0.05) is 11.6 Å². The molecule has 19 heavy (non-hydrogen) atoms. The molecular weight excluding hydrogens is 280 g/mol.